The molecule has 0 aliphatic carbocycles. The van der Waals surface area contributed by atoms with Gasteiger partial charge in [-0.1, -0.05) is 20.8 Å². The molecule has 1 rings (SSSR count). The van der Waals surface area contributed by atoms with Crippen molar-refractivity contribution in [3.8, 4) is 0 Å². The van der Waals surface area contributed by atoms with E-state index in [-0.39, 0.29) is 11.0 Å². The van der Waals surface area contributed by atoms with Crippen molar-refractivity contribution in [2.24, 2.45) is 0 Å². The van der Waals surface area contributed by atoms with Crippen molar-refractivity contribution >= 4 is 14.3 Å². The van der Waals surface area contributed by atoms with Crippen LogP contribution < -0.4 is 0 Å². The van der Waals surface area contributed by atoms with Gasteiger partial charge >= 0.3 is 5.97 Å². The van der Waals surface area contributed by atoms with E-state index in [1.807, 2.05) is 6.07 Å². The van der Waals surface area contributed by atoms with Crippen molar-refractivity contribution in [3.05, 3.63) is 29.6 Å². The first kappa shape index (κ1) is 17.8. The fourth-order valence-corrected chi connectivity index (χ4v) is 2.70. The van der Waals surface area contributed by atoms with Gasteiger partial charge in [0.15, 0.2) is 8.32 Å². The quantitative estimate of drug-likeness (QED) is 0.455. The minimum atomic E-state index is -1.65. The Labute approximate surface area is 129 Å². The fourth-order valence-electron chi connectivity index (χ4n) is 1.61. The van der Waals surface area contributed by atoms with Crippen LogP contribution >= 0.6 is 0 Å². The Balaban J connectivity index is 2.42. The summed E-state index contributed by atoms with van der Waals surface area (Å²) in [6, 6.07) is 3.63. The maximum Gasteiger partial charge on any atom is 0.339 e. The molecule has 0 atom stereocenters. The lowest BCUT2D eigenvalue weighted by Gasteiger charge is -2.36. The van der Waals surface area contributed by atoms with Crippen LogP contribution in [0.1, 0.15) is 43.2 Å². The number of pyridine rings is 1. The maximum absolute atomic E-state index is 11.3. The van der Waals surface area contributed by atoms with E-state index in [9.17, 15) is 4.79 Å². The molecular weight excluding hydrogens is 282 g/mol. The van der Waals surface area contributed by atoms with Gasteiger partial charge in [0.25, 0.3) is 0 Å². The smallest absolute Gasteiger partial charge is 0.339 e. The van der Waals surface area contributed by atoms with E-state index in [2.05, 4.69) is 43.6 Å². The molecule has 5 heteroatoms. The highest BCUT2D eigenvalue weighted by molar-refractivity contribution is 6.74. The van der Waals surface area contributed by atoms with E-state index in [1.165, 1.54) is 7.11 Å². The standard InChI is InChI=1S/C16H27NO3Si/c1-16(2,3)21(5,6)20-11-7-8-14-10-9-13(12-17-14)15(18)19-4/h9-10,12H,7-8,11H2,1-6H3. The Hall–Kier alpha value is -1.20. The van der Waals surface area contributed by atoms with Crippen molar-refractivity contribution in [2.45, 2.75) is 51.7 Å². The topological polar surface area (TPSA) is 48.4 Å². The largest absolute Gasteiger partial charge is 0.465 e. The second-order valence-electron chi connectivity index (χ2n) is 6.74. The van der Waals surface area contributed by atoms with Gasteiger partial charge in [-0.15, -0.1) is 0 Å². The monoisotopic (exact) mass is 309 g/mol. The summed E-state index contributed by atoms with van der Waals surface area (Å²) in [6.07, 6.45) is 3.36. The molecule has 118 valence electrons. The minimum absolute atomic E-state index is 0.243. The summed E-state index contributed by atoms with van der Waals surface area (Å²) in [4.78, 5) is 15.6. The molecule has 0 saturated carbocycles. The maximum atomic E-state index is 11.3. The van der Waals surface area contributed by atoms with E-state index in [4.69, 9.17) is 4.43 Å². The summed E-state index contributed by atoms with van der Waals surface area (Å²) in [6.45, 7) is 12.0. The van der Waals surface area contributed by atoms with Gasteiger partial charge in [-0.05, 0) is 43.1 Å². The van der Waals surface area contributed by atoms with Gasteiger partial charge in [0.1, 0.15) is 0 Å². The Morgan fingerprint density at radius 3 is 2.43 bits per heavy atom. The first-order valence-electron chi connectivity index (χ1n) is 7.34. The van der Waals surface area contributed by atoms with Crippen LogP contribution in [-0.2, 0) is 15.6 Å². The van der Waals surface area contributed by atoms with Gasteiger partial charge in [0, 0.05) is 18.5 Å². The first-order valence-corrected chi connectivity index (χ1v) is 10.3. The summed E-state index contributed by atoms with van der Waals surface area (Å²) in [7, 11) is -0.284. The molecule has 4 nitrogen and oxygen atoms in total. The van der Waals surface area contributed by atoms with E-state index in [0.717, 1.165) is 25.1 Å². The number of hydrogen-bond acceptors (Lipinski definition) is 4. The molecule has 0 unspecified atom stereocenters. The third-order valence-electron chi connectivity index (χ3n) is 4.09. The Kier molecular flexibility index (Phi) is 6.10. The Morgan fingerprint density at radius 2 is 1.95 bits per heavy atom. The SMILES string of the molecule is COC(=O)c1ccc(CCCO[Si](C)(C)C(C)(C)C)nc1. The highest BCUT2D eigenvalue weighted by Crippen LogP contribution is 2.36. The zero-order valence-corrected chi connectivity index (χ0v) is 15.0. The Morgan fingerprint density at radius 1 is 1.29 bits per heavy atom. The van der Waals surface area contributed by atoms with E-state index in [1.54, 1.807) is 12.3 Å². The van der Waals surface area contributed by atoms with Gasteiger partial charge in [-0.2, -0.15) is 0 Å². The molecule has 0 aliphatic heterocycles. The number of aromatic nitrogens is 1. The summed E-state index contributed by atoms with van der Waals surface area (Å²) in [5.74, 6) is -0.352. The molecule has 0 aliphatic rings. The van der Waals surface area contributed by atoms with Crippen LogP contribution in [0.5, 0.6) is 0 Å². The molecule has 0 N–H and O–H groups in total. The molecule has 0 fully saturated rings. The van der Waals surface area contributed by atoms with Gasteiger partial charge in [-0.25, -0.2) is 4.79 Å². The molecule has 0 spiro atoms. The molecule has 1 aromatic heterocycles. The average Bonchev–Trinajstić information content (AvgIpc) is 2.42. The van der Waals surface area contributed by atoms with E-state index >= 15 is 0 Å². The zero-order chi connectivity index (χ0) is 16.1. The van der Waals surface area contributed by atoms with Crippen molar-refractivity contribution in [1.82, 2.24) is 4.98 Å². The van der Waals surface area contributed by atoms with Crippen LogP contribution in [0, 0.1) is 0 Å². The Bertz CT molecular complexity index is 463. The third-order valence-corrected chi connectivity index (χ3v) is 8.63. The van der Waals surface area contributed by atoms with Crippen molar-refractivity contribution in [1.29, 1.82) is 0 Å². The lowest BCUT2D eigenvalue weighted by molar-refractivity contribution is 0.0600. The summed E-state index contributed by atoms with van der Waals surface area (Å²) < 4.78 is 10.8. The summed E-state index contributed by atoms with van der Waals surface area (Å²) >= 11 is 0. The van der Waals surface area contributed by atoms with Crippen LogP contribution in [0.4, 0.5) is 0 Å². The number of esters is 1. The number of carbonyl (C=O) groups is 1. The minimum Gasteiger partial charge on any atom is -0.465 e. The molecule has 0 saturated heterocycles. The molecule has 1 aromatic rings. The lowest BCUT2D eigenvalue weighted by Crippen LogP contribution is -2.41. The number of hydrogen-bond donors (Lipinski definition) is 0. The molecule has 21 heavy (non-hydrogen) atoms. The van der Waals surface area contributed by atoms with Crippen LogP contribution in [0.2, 0.25) is 18.1 Å². The van der Waals surface area contributed by atoms with E-state index < -0.39 is 8.32 Å². The van der Waals surface area contributed by atoms with Crippen molar-refractivity contribution < 1.29 is 14.0 Å². The van der Waals surface area contributed by atoms with Crippen molar-refractivity contribution in [2.75, 3.05) is 13.7 Å². The molecule has 0 bridgehead atoms. The van der Waals surface area contributed by atoms with E-state index in [0.29, 0.717) is 5.56 Å². The molecule has 0 radical (unpaired) electrons. The van der Waals surface area contributed by atoms with Crippen LogP contribution in [-0.4, -0.2) is 33.0 Å². The highest BCUT2D eigenvalue weighted by Gasteiger charge is 2.36. The van der Waals surface area contributed by atoms with Crippen LogP contribution in [0.3, 0.4) is 0 Å². The second kappa shape index (κ2) is 7.18. The van der Waals surface area contributed by atoms with Crippen molar-refractivity contribution in [3.63, 3.8) is 0 Å². The average molecular weight is 309 g/mol. The molecule has 0 aromatic carbocycles. The first-order chi connectivity index (χ1) is 9.67. The number of methoxy groups -OCH3 is 1. The summed E-state index contributed by atoms with van der Waals surface area (Å²) in [5.41, 5.74) is 1.46. The van der Waals surface area contributed by atoms with Gasteiger partial charge in [-0.3, -0.25) is 4.98 Å². The predicted molar refractivity (Wildman–Crippen MR) is 87.0 cm³/mol. The number of ether oxygens (including phenoxy) is 1. The summed E-state index contributed by atoms with van der Waals surface area (Å²) in [5, 5.41) is 0.243. The lowest BCUT2D eigenvalue weighted by atomic mass is 10.2. The van der Waals surface area contributed by atoms with Crippen LogP contribution in [0.25, 0.3) is 0 Å². The number of aryl methyl sites for hydroxylation is 1. The third kappa shape index (κ3) is 5.25. The number of nitrogens with zero attached hydrogens (tertiary/aromatic N) is 1. The molecular formula is C16H27NO3Si. The van der Waals surface area contributed by atoms with Gasteiger partial charge in [0.05, 0.1) is 12.7 Å². The molecule has 1 heterocycles. The predicted octanol–water partition coefficient (Wildman–Crippen LogP) is 3.82. The molecule has 0 amide bonds. The van der Waals surface area contributed by atoms with Gasteiger partial charge in [0.2, 0.25) is 0 Å². The van der Waals surface area contributed by atoms with Gasteiger partial charge < -0.3 is 9.16 Å². The number of carbonyl (C=O) groups excluding carboxylic acids is 1. The normalized spacial score (nSPS) is 12.3. The fraction of sp³-hybridized carbons (Fsp3) is 0.625. The zero-order valence-electron chi connectivity index (χ0n) is 14.0. The highest BCUT2D eigenvalue weighted by atomic mass is 28.4. The second-order valence-corrected chi connectivity index (χ2v) is 11.6. The number of rotatable bonds is 6. The van der Waals surface area contributed by atoms with Crippen LogP contribution in [0.15, 0.2) is 18.3 Å².